The molecule has 2 aliphatic rings. The fourth-order valence-corrected chi connectivity index (χ4v) is 6.89. The lowest BCUT2D eigenvalue weighted by atomic mass is 9.83. The van der Waals surface area contributed by atoms with Crippen LogP contribution >= 0.6 is 27.3 Å². The van der Waals surface area contributed by atoms with E-state index in [2.05, 4.69) is 34.1 Å². The van der Waals surface area contributed by atoms with Gasteiger partial charge in [-0.2, -0.15) is 0 Å². The van der Waals surface area contributed by atoms with E-state index in [1.807, 2.05) is 60.0 Å². The SMILES string of the molecule is CCOc1ccc(C=c2sc3n(c2=O)C(c2cc(OC)ccc2OC)C2=C(N=3)c3ccccc3CC2)cc1Br. The lowest BCUT2D eigenvalue weighted by molar-refractivity contribution is 0.338. The first-order valence-electron chi connectivity index (χ1n) is 12.8. The standard InChI is InChI=1S/C31H27BrN2O4S/c1-4-38-26-13-9-18(15-24(26)32)16-27-30(35)34-29(23-17-20(36-2)11-14-25(23)37-3)22-12-10-19-7-5-6-8-21(19)28(22)33-31(34)39-27/h5-9,11,13-17,29H,4,10,12H2,1-3H3. The molecule has 2 heterocycles. The molecule has 0 fully saturated rings. The third-order valence-corrected chi connectivity index (χ3v) is 8.76. The van der Waals surface area contributed by atoms with E-state index in [-0.39, 0.29) is 11.6 Å². The molecule has 39 heavy (non-hydrogen) atoms. The topological polar surface area (TPSA) is 62.0 Å². The van der Waals surface area contributed by atoms with Gasteiger partial charge in [0.15, 0.2) is 4.80 Å². The lowest BCUT2D eigenvalue weighted by Gasteiger charge is -2.31. The van der Waals surface area contributed by atoms with Crippen molar-refractivity contribution in [3.05, 3.63) is 113 Å². The Morgan fingerprint density at radius 1 is 1.05 bits per heavy atom. The number of benzene rings is 3. The van der Waals surface area contributed by atoms with Gasteiger partial charge >= 0.3 is 0 Å². The predicted octanol–water partition coefficient (Wildman–Crippen LogP) is 5.50. The van der Waals surface area contributed by atoms with E-state index in [1.165, 1.54) is 16.9 Å². The Morgan fingerprint density at radius 3 is 2.64 bits per heavy atom. The molecule has 6 nitrogen and oxygen atoms in total. The molecule has 0 saturated carbocycles. The molecule has 4 aromatic rings. The fourth-order valence-electron chi connectivity index (χ4n) is 5.38. The van der Waals surface area contributed by atoms with E-state index in [4.69, 9.17) is 19.2 Å². The average molecular weight is 604 g/mol. The van der Waals surface area contributed by atoms with Gasteiger partial charge < -0.3 is 14.2 Å². The van der Waals surface area contributed by atoms with Crippen molar-refractivity contribution in [2.24, 2.45) is 4.99 Å². The summed E-state index contributed by atoms with van der Waals surface area (Å²) < 4.78 is 20.3. The first kappa shape index (κ1) is 25.6. The van der Waals surface area contributed by atoms with Crippen molar-refractivity contribution >= 4 is 39.0 Å². The van der Waals surface area contributed by atoms with E-state index in [0.29, 0.717) is 27.4 Å². The molecular weight excluding hydrogens is 576 g/mol. The van der Waals surface area contributed by atoms with E-state index in [1.54, 1.807) is 14.2 Å². The molecule has 0 amide bonds. The van der Waals surface area contributed by atoms with Crippen LogP contribution in [0.3, 0.4) is 0 Å². The van der Waals surface area contributed by atoms with Gasteiger partial charge in [-0.15, -0.1) is 0 Å². The summed E-state index contributed by atoms with van der Waals surface area (Å²) in [7, 11) is 3.30. The monoisotopic (exact) mass is 602 g/mol. The number of thiazole rings is 1. The number of aryl methyl sites for hydroxylation is 1. The second-order valence-electron chi connectivity index (χ2n) is 9.34. The molecule has 0 N–H and O–H groups in total. The minimum Gasteiger partial charge on any atom is -0.497 e. The molecular formula is C31H27BrN2O4S. The number of fused-ring (bicyclic) bond motifs is 3. The van der Waals surface area contributed by atoms with Crippen LogP contribution in [-0.4, -0.2) is 25.4 Å². The highest BCUT2D eigenvalue weighted by molar-refractivity contribution is 9.10. The number of hydrogen-bond acceptors (Lipinski definition) is 6. The van der Waals surface area contributed by atoms with Crippen LogP contribution in [0.1, 0.15) is 41.6 Å². The average Bonchev–Trinajstić information content (AvgIpc) is 3.27. The van der Waals surface area contributed by atoms with Crippen LogP contribution in [0.2, 0.25) is 0 Å². The van der Waals surface area contributed by atoms with Crippen molar-refractivity contribution in [3.63, 3.8) is 0 Å². The largest absolute Gasteiger partial charge is 0.497 e. The van der Waals surface area contributed by atoms with Gasteiger partial charge in [0.1, 0.15) is 17.2 Å². The van der Waals surface area contributed by atoms with Crippen LogP contribution in [0.15, 0.2) is 80.5 Å². The summed E-state index contributed by atoms with van der Waals surface area (Å²) >= 11 is 4.99. The molecule has 1 unspecified atom stereocenters. The maximum Gasteiger partial charge on any atom is 0.271 e. The molecule has 198 valence electrons. The summed E-state index contributed by atoms with van der Waals surface area (Å²) in [5.74, 6) is 2.19. The smallest absolute Gasteiger partial charge is 0.271 e. The van der Waals surface area contributed by atoms with Crippen LogP contribution in [0.25, 0.3) is 11.8 Å². The Morgan fingerprint density at radius 2 is 1.87 bits per heavy atom. The van der Waals surface area contributed by atoms with Gasteiger partial charge in [-0.25, -0.2) is 4.99 Å². The predicted molar refractivity (Wildman–Crippen MR) is 158 cm³/mol. The van der Waals surface area contributed by atoms with Gasteiger partial charge in [-0.1, -0.05) is 41.7 Å². The van der Waals surface area contributed by atoms with Crippen LogP contribution in [0, 0.1) is 0 Å². The summed E-state index contributed by atoms with van der Waals surface area (Å²) in [6.45, 7) is 2.53. The summed E-state index contributed by atoms with van der Waals surface area (Å²) in [4.78, 5) is 19.9. The molecule has 0 bridgehead atoms. The second kappa shape index (κ2) is 10.5. The maximum absolute atomic E-state index is 14.1. The zero-order valence-electron chi connectivity index (χ0n) is 21.9. The molecule has 1 aliphatic carbocycles. The molecule has 0 saturated heterocycles. The van der Waals surface area contributed by atoms with Gasteiger partial charge in [0, 0.05) is 11.1 Å². The number of hydrogen-bond donors (Lipinski definition) is 0. The van der Waals surface area contributed by atoms with Gasteiger partial charge in [-0.3, -0.25) is 9.36 Å². The van der Waals surface area contributed by atoms with E-state index in [9.17, 15) is 4.79 Å². The number of ether oxygens (including phenoxy) is 3. The van der Waals surface area contributed by atoms with E-state index < -0.39 is 0 Å². The molecule has 3 aromatic carbocycles. The highest BCUT2D eigenvalue weighted by Crippen LogP contribution is 2.44. The number of methoxy groups -OCH3 is 2. The summed E-state index contributed by atoms with van der Waals surface area (Å²) in [5, 5.41) is 0. The summed E-state index contributed by atoms with van der Waals surface area (Å²) in [6.07, 6.45) is 3.61. The van der Waals surface area contributed by atoms with Crippen LogP contribution in [0.4, 0.5) is 0 Å². The van der Waals surface area contributed by atoms with Crippen molar-refractivity contribution in [3.8, 4) is 17.2 Å². The van der Waals surface area contributed by atoms with Gasteiger partial charge in [0.2, 0.25) is 0 Å². The quantitative estimate of drug-likeness (QED) is 0.292. The van der Waals surface area contributed by atoms with Crippen LogP contribution in [0.5, 0.6) is 17.2 Å². The Kier molecular flexibility index (Phi) is 6.91. The zero-order valence-corrected chi connectivity index (χ0v) is 24.3. The summed E-state index contributed by atoms with van der Waals surface area (Å²) in [6, 6.07) is 19.6. The fraction of sp³-hybridized carbons (Fsp3) is 0.226. The second-order valence-corrected chi connectivity index (χ2v) is 11.2. The molecule has 0 spiro atoms. The van der Waals surface area contributed by atoms with Crippen molar-refractivity contribution in [1.29, 1.82) is 0 Å². The van der Waals surface area contributed by atoms with Crippen molar-refractivity contribution < 1.29 is 14.2 Å². The van der Waals surface area contributed by atoms with Gasteiger partial charge in [0.25, 0.3) is 5.56 Å². The third-order valence-electron chi connectivity index (χ3n) is 7.16. The van der Waals surface area contributed by atoms with Crippen LogP contribution < -0.4 is 29.1 Å². The minimum atomic E-state index is -0.358. The molecule has 0 radical (unpaired) electrons. The maximum atomic E-state index is 14.1. The minimum absolute atomic E-state index is 0.0796. The summed E-state index contributed by atoms with van der Waals surface area (Å²) in [5.41, 5.74) is 6.17. The highest BCUT2D eigenvalue weighted by atomic mass is 79.9. The number of allylic oxidation sites excluding steroid dienone is 1. The highest BCUT2D eigenvalue weighted by Gasteiger charge is 2.34. The third kappa shape index (κ3) is 4.51. The number of halogens is 1. The number of nitrogens with zero attached hydrogens (tertiary/aromatic N) is 2. The van der Waals surface area contributed by atoms with Crippen molar-refractivity contribution in [2.45, 2.75) is 25.8 Å². The Labute approximate surface area is 238 Å². The number of aromatic nitrogens is 1. The molecule has 1 aliphatic heterocycles. The Hall–Kier alpha value is -3.62. The number of rotatable bonds is 6. The molecule has 1 atom stereocenters. The van der Waals surface area contributed by atoms with E-state index >= 15 is 0 Å². The van der Waals surface area contributed by atoms with Crippen LogP contribution in [-0.2, 0) is 6.42 Å². The first-order valence-corrected chi connectivity index (χ1v) is 14.4. The Balaban J connectivity index is 1.60. The van der Waals surface area contributed by atoms with E-state index in [0.717, 1.165) is 51.0 Å². The lowest BCUT2D eigenvalue weighted by Crippen LogP contribution is -2.39. The zero-order chi connectivity index (χ0) is 27.1. The first-order chi connectivity index (χ1) is 19.0. The van der Waals surface area contributed by atoms with Gasteiger partial charge in [-0.05, 0) is 88.8 Å². The van der Waals surface area contributed by atoms with Crippen molar-refractivity contribution in [1.82, 2.24) is 4.57 Å². The Bertz CT molecular complexity index is 1800. The normalized spacial score (nSPS) is 16.2. The molecule has 1 aromatic heterocycles. The molecule has 6 rings (SSSR count). The van der Waals surface area contributed by atoms with Gasteiger partial charge in [0.05, 0.1) is 41.6 Å². The van der Waals surface area contributed by atoms with Crippen molar-refractivity contribution in [2.75, 3.05) is 20.8 Å². The molecule has 8 heteroatoms.